The smallest absolute Gasteiger partial charge is 0.154 e. The third-order valence-electron chi connectivity index (χ3n) is 3.44. The van der Waals surface area contributed by atoms with Crippen molar-refractivity contribution in [3.63, 3.8) is 0 Å². The zero-order valence-electron chi connectivity index (χ0n) is 11.7. The topological polar surface area (TPSA) is 42.7 Å². The Balaban J connectivity index is 1.89. The van der Waals surface area contributed by atoms with E-state index in [1.54, 1.807) is 6.07 Å². The maximum Gasteiger partial charge on any atom is 0.154 e. The standard InChI is InChI=1S/C15H14Cl2N4/c1-9-7-12(16)20-15(17)14(9)18-8-13-19-10-5-3-4-6-11(10)21(13)2/h3-7,18H,8H2,1-2H3. The quantitative estimate of drug-likeness (QED) is 0.735. The highest BCUT2D eigenvalue weighted by Gasteiger charge is 2.10. The van der Waals surface area contributed by atoms with Gasteiger partial charge in [0.2, 0.25) is 0 Å². The average Bonchev–Trinajstić information content (AvgIpc) is 2.75. The summed E-state index contributed by atoms with van der Waals surface area (Å²) in [6.45, 7) is 2.51. The van der Waals surface area contributed by atoms with Gasteiger partial charge in [-0.2, -0.15) is 0 Å². The molecule has 0 amide bonds. The molecule has 0 radical (unpaired) electrons. The monoisotopic (exact) mass is 320 g/mol. The van der Waals surface area contributed by atoms with Crippen LogP contribution in [0.5, 0.6) is 0 Å². The number of rotatable bonds is 3. The molecule has 108 valence electrons. The van der Waals surface area contributed by atoms with Gasteiger partial charge in [-0.1, -0.05) is 35.3 Å². The lowest BCUT2D eigenvalue weighted by Crippen LogP contribution is -2.07. The molecule has 0 spiro atoms. The molecule has 1 aromatic carbocycles. The van der Waals surface area contributed by atoms with Crippen LogP contribution in [0, 0.1) is 6.92 Å². The fraction of sp³-hybridized carbons (Fsp3) is 0.200. The predicted molar refractivity (Wildman–Crippen MR) is 87.0 cm³/mol. The van der Waals surface area contributed by atoms with E-state index < -0.39 is 0 Å². The molecule has 0 saturated heterocycles. The van der Waals surface area contributed by atoms with Crippen molar-refractivity contribution in [1.82, 2.24) is 14.5 Å². The Bertz CT molecular complexity index is 788. The van der Waals surface area contributed by atoms with Crippen molar-refractivity contribution in [2.75, 3.05) is 5.32 Å². The van der Waals surface area contributed by atoms with Crippen molar-refractivity contribution in [2.24, 2.45) is 7.05 Å². The molecule has 2 aromatic heterocycles. The largest absolute Gasteiger partial charge is 0.375 e. The summed E-state index contributed by atoms with van der Waals surface area (Å²) in [5.41, 5.74) is 3.83. The molecule has 3 aromatic rings. The number of aryl methyl sites for hydroxylation is 2. The third kappa shape index (κ3) is 2.69. The van der Waals surface area contributed by atoms with E-state index in [1.807, 2.05) is 38.2 Å². The Morgan fingerprint density at radius 1 is 1.19 bits per heavy atom. The van der Waals surface area contributed by atoms with Gasteiger partial charge in [0.25, 0.3) is 0 Å². The second-order valence-corrected chi connectivity index (χ2v) is 5.60. The average molecular weight is 321 g/mol. The number of para-hydroxylation sites is 2. The van der Waals surface area contributed by atoms with Crippen molar-refractivity contribution in [2.45, 2.75) is 13.5 Å². The molecule has 4 nitrogen and oxygen atoms in total. The molecule has 0 fully saturated rings. The number of nitrogens with zero attached hydrogens (tertiary/aromatic N) is 3. The van der Waals surface area contributed by atoms with Crippen molar-refractivity contribution in [3.8, 4) is 0 Å². The summed E-state index contributed by atoms with van der Waals surface area (Å²) >= 11 is 12.0. The molecule has 0 unspecified atom stereocenters. The van der Waals surface area contributed by atoms with Crippen LogP contribution in [0.2, 0.25) is 10.3 Å². The van der Waals surface area contributed by atoms with Gasteiger partial charge in [-0.15, -0.1) is 0 Å². The number of benzene rings is 1. The Morgan fingerprint density at radius 2 is 1.95 bits per heavy atom. The fourth-order valence-electron chi connectivity index (χ4n) is 2.33. The highest BCUT2D eigenvalue weighted by molar-refractivity contribution is 6.34. The molecular weight excluding hydrogens is 307 g/mol. The van der Waals surface area contributed by atoms with Gasteiger partial charge in [-0.25, -0.2) is 9.97 Å². The van der Waals surface area contributed by atoms with E-state index in [-0.39, 0.29) is 0 Å². The first kappa shape index (κ1) is 14.2. The first-order chi connectivity index (χ1) is 10.1. The maximum absolute atomic E-state index is 6.13. The van der Waals surface area contributed by atoms with Crippen LogP contribution in [-0.4, -0.2) is 14.5 Å². The van der Waals surface area contributed by atoms with Gasteiger partial charge in [-0.05, 0) is 30.7 Å². The molecule has 0 saturated carbocycles. The van der Waals surface area contributed by atoms with Crippen molar-refractivity contribution in [3.05, 3.63) is 52.0 Å². The van der Waals surface area contributed by atoms with Gasteiger partial charge in [0.1, 0.15) is 11.0 Å². The number of nitrogens with one attached hydrogen (secondary N) is 1. The molecule has 1 N–H and O–H groups in total. The van der Waals surface area contributed by atoms with Crippen LogP contribution in [0.1, 0.15) is 11.4 Å². The Labute approximate surface area is 132 Å². The molecule has 0 atom stereocenters. The van der Waals surface area contributed by atoms with Crippen LogP contribution < -0.4 is 5.32 Å². The Kier molecular flexibility index (Phi) is 3.74. The van der Waals surface area contributed by atoms with Crippen molar-refractivity contribution < 1.29 is 0 Å². The summed E-state index contributed by atoms with van der Waals surface area (Å²) in [6.07, 6.45) is 0. The number of halogens is 2. The molecule has 3 rings (SSSR count). The van der Waals surface area contributed by atoms with Gasteiger partial charge in [0.15, 0.2) is 5.15 Å². The molecule has 0 bridgehead atoms. The van der Waals surface area contributed by atoms with Gasteiger partial charge >= 0.3 is 0 Å². The molecule has 0 aliphatic carbocycles. The lowest BCUT2D eigenvalue weighted by Gasteiger charge is -2.11. The van der Waals surface area contributed by atoms with E-state index in [4.69, 9.17) is 23.2 Å². The van der Waals surface area contributed by atoms with E-state index >= 15 is 0 Å². The molecule has 0 aliphatic heterocycles. The number of hydrogen-bond acceptors (Lipinski definition) is 3. The number of pyridine rings is 1. The zero-order valence-corrected chi connectivity index (χ0v) is 13.2. The number of aromatic nitrogens is 3. The van der Waals surface area contributed by atoms with Crippen LogP contribution in [-0.2, 0) is 13.6 Å². The minimum atomic E-state index is 0.374. The minimum absolute atomic E-state index is 0.374. The fourth-order valence-corrected chi connectivity index (χ4v) is 2.93. The van der Waals surface area contributed by atoms with Crippen molar-refractivity contribution in [1.29, 1.82) is 0 Å². The predicted octanol–water partition coefficient (Wildman–Crippen LogP) is 4.20. The van der Waals surface area contributed by atoms with Gasteiger partial charge in [0, 0.05) is 7.05 Å². The van der Waals surface area contributed by atoms with Gasteiger partial charge in [0.05, 0.1) is 23.3 Å². The number of anilines is 1. The second kappa shape index (κ2) is 5.54. The van der Waals surface area contributed by atoms with E-state index in [2.05, 4.69) is 19.9 Å². The first-order valence-electron chi connectivity index (χ1n) is 6.53. The van der Waals surface area contributed by atoms with Gasteiger partial charge < -0.3 is 9.88 Å². The molecular formula is C15H14Cl2N4. The summed E-state index contributed by atoms with van der Waals surface area (Å²) in [4.78, 5) is 8.67. The van der Waals surface area contributed by atoms with Crippen LogP contribution in [0.25, 0.3) is 11.0 Å². The van der Waals surface area contributed by atoms with Crippen LogP contribution in [0.4, 0.5) is 5.69 Å². The normalized spacial score (nSPS) is 11.0. The van der Waals surface area contributed by atoms with Crippen LogP contribution >= 0.6 is 23.2 Å². The summed E-state index contributed by atoms with van der Waals surface area (Å²) in [6, 6.07) is 9.82. The van der Waals surface area contributed by atoms with E-state index in [0.717, 1.165) is 28.1 Å². The van der Waals surface area contributed by atoms with Crippen LogP contribution in [0.15, 0.2) is 30.3 Å². The highest BCUT2D eigenvalue weighted by Crippen LogP contribution is 2.27. The van der Waals surface area contributed by atoms with E-state index in [9.17, 15) is 0 Å². The highest BCUT2D eigenvalue weighted by atomic mass is 35.5. The summed E-state index contributed by atoms with van der Waals surface area (Å²) < 4.78 is 2.06. The third-order valence-corrected chi connectivity index (χ3v) is 3.91. The van der Waals surface area contributed by atoms with Crippen LogP contribution in [0.3, 0.4) is 0 Å². The molecule has 6 heteroatoms. The number of imidazole rings is 1. The summed E-state index contributed by atoms with van der Waals surface area (Å²) in [5, 5.41) is 4.06. The Morgan fingerprint density at radius 3 is 2.67 bits per heavy atom. The van der Waals surface area contributed by atoms with E-state index in [0.29, 0.717) is 16.9 Å². The summed E-state index contributed by atoms with van der Waals surface area (Å²) in [7, 11) is 2.00. The molecule has 2 heterocycles. The van der Waals surface area contributed by atoms with Gasteiger partial charge in [-0.3, -0.25) is 0 Å². The lowest BCUT2D eigenvalue weighted by molar-refractivity contribution is 0.833. The lowest BCUT2D eigenvalue weighted by atomic mass is 10.2. The van der Waals surface area contributed by atoms with Crippen molar-refractivity contribution >= 4 is 39.9 Å². The first-order valence-corrected chi connectivity index (χ1v) is 7.28. The minimum Gasteiger partial charge on any atom is -0.375 e. The second-order valence-electron chi connectivity index (χ2n) is 4.86. The zero-order chi connectivity index (χ0) is 15.0. The molecule has 0 aliphatic rings. The summed E-state index contributed by atoms with van der Waals surface area (Å²) in [5.74, 6) is 0.932. The number of fused-ring (bicyclic) bond motifs is 1. The SMILES string of the molecule is Cc1cc(Cl)nc(Cl)c1NCc1nc2ccccc2n1C. The maximum atomic E-state index is 6.13. The number of hydrogen-bond donors (Lipinski definition) is 1. The van der Waals surface area contributed by atoms with E-state index in [1.165, 1.54) is 0 Å². The Hall–Kier alpha value is -1.78. The molecule has 21 heavy (non-hydrogen) atoms.